The van der Waals surface area contributed by atoms with Crippen LogP contribution in [0.3, 0.4) is 0 Å². The topological polar surface area (TPSA) is 50.7 Å². The summed E-state index contributed by atoms with van der Waals surface area (Å²) in [5, 5.41) is 2.58. The minimum absolute atomic E-state index is 0.391. The van der Waals surface area contributed by atoms with Crippen molar-refractivity contribution in [3.63, 3.8) is 0 Å². The predicted octanol–water partition coefficient (Wildman–Crippen LogP) is 1.61. The van der Waals surface area contributed by atoms with Gasteiger partial charge in [-0.25, -0.2) is 9.79 Å². The Morgan fingerprint density at radius 2 is 2.29 bits per heavy atom. The molecule has 0 unspecified atom stereocenters. The Hall–Kier alpha value is -1.84. The second-order valence-electron chi connectivity index (χ2n) is 2.63. The third-order valence-electron chi connectivity index (χ3n) is 1.77. The number of para-hydroxylation sites is 1. The lowest BCUT2D eigenvalue weighted by Gasteiger charge is -2.07. The zero-order chi connectivity index (χ0) is 10.4. The van der Waals surface area contributed by atoms with Crippen LogP contribution in [0.2, 0.25) is 0 Å². The second-order valence-corrected chi connectivity index (χ2v) is 2.63. The zero-order valence-electron chi connectivity index (χ0n) is 7.99. The van der Waals surface area contributed by atoms with E-state index in [-0.39, 0.29) is 0 Å². The number of benzene rings is 1. The Bertz CT molecular complexity index is 337. The van der Waals surface area contributed by atoms with Gasteiger partial charge in [0, 0.05) is 12.1 Å². The maximum absolute atomic E-state index is 10.8. The van der Waals surface area contributed by atoms with Crippen LogP contribution in [-0.4, -0.2) is 19.9 Å². The summed E-state index contributed by atoms with van der Waals surface area (Å²) in [6.07, 6.45) is 0. The van der Waals surface area contributed by atoms with Crippen LogP contribution in [-0.2, 0) is 6.54 Å². The summed E-state index contributed by atoms with van der Waals surface area (Å²) < 4.78 is 5.11. The van der Waals surface area contributed by atoms with Crippen molar-refractivity contribution in [3.05, 3.63) is 29.8 Å². The highest BCUT2D eigenvalue weighted by atomic mass is 16.5. The van der Waals surface area contributed by atoms with Crippen molar-refractivity contribution < 1.29 is 9.53 Å². The van der Waals surface area contributed by atoms with E-state index < -0.39 is 6.03 Å². The first-order valence-corrected chi connectivity index (χ1v) is 4.14. The summed E-state index contributed by atoms with van der Waals surface area (Å²) in [6, 6.07) is 7.03. The van der Waals surface area contributed by atoms with Crippen molar-refractivity contribution in [2.45, 2.75) is 6.54 Å². The van der Waals surface area contributed by atoms with E-state index in [1.165, 1.54) is 0 Å². The second kappa shape index (κ2) is 5.01. The van der Waals surface area contributed by atoms with Crippen molar-refractivity contribution in [2.75, 3.05) is 7.11 Å². The molecule has 4 nitrogen and oxygen atoms in total. The molecule has 1 aromatic carbocycles. The van der Waals surface area contributed by atoms with E-state index in [1.807, 2.05) is 24.3 Å². The lowest BCUT2D eigenvalue weighted by molar-refractivity contribution is 0.249. The molecule has 0 aromatic heterocycles. The van der Waals surface area contributed by atoms with Crippen molar-refractivity contribution in [1.82, 2.24) is 5.32 Å². The van der Waals surface area contributed by atoms with Gasteiger partial charge in [0.2, 0.25) is 0 Å². The molecule has 1 rings (SSSR count). The molecule has 0 aliphatic carbocycles. The standard InChI is InChI=1S/C10H12N2O2/c1-11-10(13)12-7-8-5-3-4-6-9(8)14-2/h3-6H,1,7H2,2H3,(H,12,13). The van der Waals surface area contributed by atoms with Crippen molar-refractivity contribution in [1.29, 1.82) is 0 Å². The highest BCUT2D eigenvalue weighted by molar-refractivity contribution is 5.78. The minimum atomic E-state index is -0.434. The fourth-order valence-corrected chi connectivity index (χ4v) is 1.08. The Balaban J connectivity index is 2.66. The third kappa shape index (κ3) is 2.58. The molecular formula is C10H12N2O2. The van der Waals surface area contributed by atoms with E-state index in [9.17, 15) is 4.79 Å². The fourth-order valence-electron chi connectivity index (χ4n) is 1.08. The number of amides is 2. The van der Waals surface area contributed by atoms with E-state index in [1.54, 1.807) is 7.11 Å². The van der Waals surface area contributed by atoms with Gasteiger partial charge in [0.05, 0.1) is 7.11 Å². The first-order chi connectivity index (χ1) is 6.77. The van der Waals surface area contributed by atoms with E-state index in [0.29, 0.717) is 6.54 Å². The number of methoxy groups -OCH3 is 1. The van der Waals surface area contributed by atoms with Crippen LogP contribution in [0.5, 0.6) is 5.75 Å². The molecule has 1 aromatic rings. The van der Waals surface area contributed by atoms with E-state index in [2.05, 4.69) is 17.0 Å². The van der Waals surface area contributed by atoms with Crippen molar-refractivity contribution >= 4 is 12.7 Å². The first kappa shape index (κ1) is 10.2. The number of urea groups is 1. The molecule has 0 aliphatic rings. The molecule has 0 bridgehead atoms. The largest absolute Gasteiger partial charge is 0.496 e. The average molecular weight is 192 g/mol. The van der Waals surface area contributed by atoms with Crippen LogP contribution in [0.25, 0.3) is 0 Å². The summed E-state index contributed by atoms with van der Waals surface area (Å²) in [6.45, 7) is 3.51. The molecule has 74 valence electrons. The number of hydrogen-bond donors (Lipinski definition) is 1. The van der Waals surface area contributed by atoms with Gasteiger partial charge < -0.3 is 10.1 Å². The van der Waals surface area contributed by atoms with Gasteiger partial charge in [-0.3, -0.25) is 0 Å². The maximum Gasteiger partial charge on any atom is 0.340 e. The van der Waals surface area contributed by atoms with Crippen molar-refractivity contribution in [2.24, 2.45) is 4.99 Å². The Kier molecular flexibility index (Phi) is 3.67. The van der Waals surface area contributed by atoms with Crippen LogP contribution in [0.4, 0.5) is 4.79 Å². The normalized spacial score (nSPS) is 9.21. The van der Waals surface area contributed by atoms with Crippen LogP contribution in [0.1, 0.15) is 5.56 Å². The van der Waals surface area contributed by atoms with Gasteiger partial charge in [-0.1, -0.05) is 18.2 Å². The van der Waals surface area contributed by atoms with Gasteiger partial charge in [-0.2, -0.15) is 0 Å². The Morgan fingerprint density at radius 3 is 2.93 bits per heavy atom. The van der Waals surface area contributed by atoms with Gasteiger partial charge in [-0.05, 0) is 12.8 Å². The van der Waals surface area contributed by atoms with E-state index in [0.717, 1.165) is 11.3 Å². The number of hydrogen-bond acceptors (Lipinski definition) is 2. The summed E-state index contributed by atoms with van der Waals surface area (Å²) in [5.41, 5.74) is 0.909. The predicted molar refractivity (Wildman–Crippen MR) is 54.8 cm³/mol. The fraction of sp³-hybridized carbons (Fsp3) is 0.200. The average Bonchev–Trinajstić information content (AvgIpc) is 2.26. The Labute approximate surface area is 82.6 Å². The number of rotatable bonds is 3. The van der Waals surface area contributed by atoms with Crippen LogP contribution < -0.4 is 10.1 Å². The molecule has 0 saturated carbocycles. The number of carbonyl (C=O) groups is 1. The lowest BCUT2D eigenvalue weighted by Crippen LogP contribution is -2.18. The molecule has 0 spiro atoms. The molecule has 0 fully saturated rings. The number of aliphatic imine (C=N–C) groups is 1. The quantitative estimate of drug-likeness (QED) is 0.739. The molecule has 14 heavy (non-hydrogen) atoms. The number of nitrogens with one attached hydrogen (secondary N) is 1. The van der Waals surface area contributed by atoms with Crippen LogP contribution >= 0.6 is 0 Å². The molecule has 0 radical (unpaired) electrons. The minimum Gasteiger partial charge on any atom is -0.496 e. The van der Waals surface area contributed by atoms with Gasteiger partial charge in [0.25, 0.3) is 0 Å². The SMILES string of the molecule is C=NC(=O)NCc1ccccc1OC. The monoisotopic (exact) mass is 192 g/mol. The molecule has 0 heterocycles. The van der Waals surface area contributed by atoms with E-state index in [4.69, 9.17) is 4.74 Å². The summed E-state index contributed by atoms with van der Waals surface area (Å²) in [7, 11) is 1.59. The van der Waals surface area contributed by atoms with Gasteiger partial charge in [0.1, 0.15) is 5.75 Å². The highest BCUT2D eigenvalue weighted by Gasteiger charge is 2.02. The van der Waals surface area contributed by atoms with Crippen LogP contribution in [0, 0.1) is 0 Å². The number of carbonyl (C=O) groups excluding carboxylic acids is 1. The Morgan fingerprint density at radius 1 is 1.57 bits per heavy atom. The zero-order valence-corrected chi connectivity index (χ0v) is 7.99. The van der Waals surface area contributed by atoms with Gasteiger partial charge in [-0.15, -0.1) is 0 Å². The van der Waals surface area contributed by atoms with Crippen LogP contribution in [0.15, 0.2) is 29.3 Å². The summed E-state index contributed by atoms with van der Waals surface area (Å²) in [5.74, 6) is 0.747. The summed E-state index contributed by atoms with van der Waals surface area (Å²) in [4.78, 5) is 14.0. The molecule has 0 aliphatic heterocycles. The molecule has 4 heteroatoms. The number of nitrogens with zero attached hydrogens (tertiary/aromatic N) is 1. The third-order valence-corrected chi connectivity index (χ3v) is 1.77. The molecular weight excluding hydrogens is 180 g/mol. The lowest BCUT2D eigenvalue weighted by atomic mass is 10.2. The summed E-state index contributed by atoms with van der Waals surface area (Å²) >= 11 is 0. The van der Waals surface area contributed by atoms with Crippen molar-refractivity contribution in [3.8, 4) is 5.75 Å². The van der Waals surface area contributed by atoms with E-state index >= 15 is 0 Å². The van der Waals surface area contributed by atoms with Gasteiger partial charge >= 0.3 is 6.03 Å². The highest BCUT2D eigenvalue weighted by Crippen LogP contribution is 2.16. The molecule has 2 amide bonds. The number of ether oxygens (including phenoxy) is 1. The molecule has 0 saturated heterocycles. The molecule has 1 N–H and O–H groups in total. The molecule has 0 atom stereocenters. The smallest absolute Gasteiger partial charge is 0.340 e. The first-order valence-electron chi connectivity index (χ1n) is 4.14. The van der Waals surface area contributed by atoms with Gasteiger partial charge in [0.15, 0.2) is 0 Å². The maximum atomic E-state index is 10.8.